The number of rotatable bonds is 24. The van der Waals surface area contributed by atoms with E-state index in [0.29, 0.717) is 93.1 Å². The van der Waals surface area contributed by atoms with Gasteiger partial charge in [0.1, 0.15) is 23.1 Å². The number of amides is 4. The Hall–Kier alpha value is -13.1. The van der Waals surface area contributed by atoms with Crippen LogP contribution in [-0.4, -0.2) is 105 Å². The van der Waals surface area contributed by atoms with Gasteiger partial charge < -0.3 is 19.6 Å². The highest BCUT2D eigenvalue weighted by Gasteiger charge is 2.21. The van der Waals surface area contributed by atoms with E-state index in [-0.39, 0.29) is 83.1 Å². The molecule has 0 N–H and O–H groups in total. The lowest BCUT2D eigenvalue weighted by Gasteiger charge is -2.18. The molecule has 0 aliphatic heterocycles. The third-order valence-electron chi connectivity index (χ3n) is 18.1. The predicted octanol–water partition coefficient (Wildman–Crippen LogP) is 18.0. The number of halogens is 4. The molecule has 4 amide bonds. The van der Waals surface area contributed by atoms with E-state index in [2.05, 4.69) is 29.9 Å². The Labute approximate surface area is 653 Å². The van der Waals surface area contributed by atoms with Crippen LogP contribution in [0.3, 0.4) is 0 Å². The van der Waals surface area contributed by atoms with Gasteiger partial charge in [0, 0.05) is 169 Å². The number of benzene rings is 6. The summed E-state index contributed by atoms with van der Waals surface area (Å²) >= 11 is 6.39. The minimum atomic E-state index is -0.500. The summed E-state index contributed by atoms with van der Waals surface area (Å²) in [6, 6.07) is 55.5. The van der Waals surface area contributed by atoms with Gasteiger partial charge in [0.2, 0.25) is 23.6 Å². The topological polar surface area (TPSA) is 227 Å². The predicted molar refractivity (Wildman–Crippen MR) is 432 cm³/mol. The monoisotopic (exact) mass is 1520 g/mol. The smallest absolute Gasteiger partial charge is 0.226 e. The molecule has 0 fully saturated rings. The van der Waals surface area contributed by atoms with Crippen LogP contribution < -0.4 is 19.6 Å². The van der Waals surface area contributed by atoms with Gasteiger partial charge in [0.05, 0.1) is 33.5 Å². The fourth-order valence-electron chi connectivity index (χ4n) is 11.6. The number of aromatic nitrogens is 6. The van der Waals surface area contributed by atoms with Gasteiger partial charge in [-0.05, 0) is 141 Å². The van der Waals surface area contributed by atoms with Gasteiger partial charge in [-0.2, -0.15) is 0 Å². The summed E-state index contributed by atoms with van der Waals surface area (Å²) < 4.78 is 43.4. The van der Waals surface area contributed by atoms with Crippen molar-refractivity contribution in [2.24, 2.45) is 0 Å². The molecule has 112 heavy (non-hydrogen) atoms. The highest BCUT2D eigenvalue weighted by molar-refractivity contribution is 6.34. The number of carbonyl (C=O) groups is 8. The third kappa shape index (κ3) is 22.5. The van der Waals surface area contributed by atoms with E-state index in [9.17, 15) is 51.5 Å². The van der Waals surface area contributed by atoms with Crippen LogP contribution in [0.2, 0.25) is 5.02 Å². The summed E-state index contributed by atoms with van der Waals surface area (Å²) in [6.45, 7) is 7.01. The van der Waals surface area contributed by atoms with E-state index in [0.717, 1.165) is 38.9 Å². The first-order chi connectivity index (χ1) is 54.0. The van der Waals surface area contributed by atoms with Crippen LogP contribution in [0.5, 0.6) is 0 Å². The number of ketones is 4. The molecular weight excluding hydrogens is 1440 g/mol. The second-order valence-electron chi connectivity index (χ2n) is 25.8. The lowest BCUT2D eigenvalue weighted by atomic mass is 9.99. The lowest BCUT2D eigenvalue weighted by molar-refractivity contribution is -0.118. The van der Waals surface area contributed by atoms with E-state index in [4.69, 9.17) is 11.6 Å². The highest BCUT2D eigenvalue weighted by atomic mass is 35.5. The number of hydrogen-bond acceptors (Lipinski definition) is 14. The number of hydrogen-bond donors (Lipinski definition) is 0. The minimum Gasteiger partial charge on any atom is -0.314 e. The summed E-state index contributed by atoms with van der Waals surface area (Å²) in [6.07, 6.45) is 18.8. The van der Waals surface area contributed by atoms with E-state index in [1.807, 2.05) is 79.7 Å². The van der Waals surface area contributed by atoms with Crippen molar-refractivity contribution in [2.45, 2.75) is 79.1 Å². The fourth-order valence-corrected chi connectivity index (χ4v) is 11.9. The minimum absolute atomic E-state index is 0.000723. The molecule has 6 heterocycles. The first kappa shape index (κ1) is 82.9. The molecule has 18 nitrogen and oxygen atoms in total. The first-order valence-corrected chi connectivity index (χ1v) is 36.4. The Kier molecular flexibility index (Phi) is 29.9. The molecule has 0 radical (unpaired) electrons. The Balaban J connectivity index is 0.000000171. The third-order valence-corrected chi connectivity index (χ3v) is 18.4. The van der Waals surface area contributed by atoms with Gasteiger partial charge in [-0.25, -0.2) is 13.2 Å². The van der Waals surface area contributed by atoms with Crippen molar-refractivity contribution in [3.63, 3.8) is 0 Å². The molecular formula is C90H82ClF3N10O8. The molecule has 0 bridgehead atoms. The molecule has 6 aromatic carbocycles. The number of nitrogens with zero attached hydrogens (tertiary/aromatic N) is 10. The maximum Gasteiger partial charge on any atom is 0.226 e. The van der Waals surface area contributed by atoms with Crippen LogP contribution >= 0.6 is 11.6 Å². The van der Waals surface area contributed by atoms with Crippen molar-refractivity contribution in [2.75, 3.05) is 47.8 Å². The Morgan fingerprint density at radius 1 is 0.312 bits per heavy atom. The molecule has 0 atom stereocenters. The van der Waals surface area contributed by atoms with Crippen LogP contribution in [-0.2, 0) is 44.9 Å². The standard InChI is InChI=1S/C23H21ClN2O2.C23H21FN2O2.2C22H20FN3O2/c2*1-3-23(28)26(2)21-11-10-19(14-20(21)24)17-6-8-18(9-7-17)22(27)13-16-5-4-12-25-15-16;1-3-22(28)26(2)20-9-7-16(12-18(20)23)19-8-6-17(14-25-19)21(27)11-15-5-4-10-24-13-15;1-3-22(28)26(2)20-9-7-16(12-18(20)23)17-6-8-19(25-14-17)21(27)11-15-5-4-10-24-13-15/h2*4-12,14-15H,3,13H2,1-2H3;2*4-10,12-14H,3,11H2,1-2H3. The van der Waals surface area contributed by atoms with Crippen LogP contribution in [0.4, 0.5) is 35.9 Å². The Morgan fingerprint density at radius 2 is 0.625 bits per heavy atom. The van der Waals surface area contributed by atoms with Crippen LogP contribution in [0, 0.1) is 17.5 Å². The zero-order chi connectivity index (χ0) is 80.4. The zero-order valence-corrected chi connectivity index (χ0v) is 63.9. The Bertz CT molecular complexity index is 4610. The summed E-state index contributed by atoms with van der Waals surface area (Å²) in [5, 5.41) is 0.513. The molecule has 12 aromatic rings. The fraction of sp³-hybridized carbons (Fsp3) is 0.178. The number of pyridine rings is 6. The summed E-state index contributed by atoms with van der Waals surface area (Å²) in [7, 11) is 6.38. The molecule has 0 aliphatic carbocycles. The number of Topliss-reactive ketones (excluding diaryl/α,β-unsaturated/α-hetero) is 4. The molecule has 0 saturated heterocycles. The first-order valence-electron chi connectivity index (χ1n) is 36.0. The second kappa shape index (κ2) is 40.3. The van der Waals surface area contributed by atoms with Crippen molar-refractivity contribution in [3.05, 3.63) is 323 Å². The van der Waals surface area contributed by atoms with E-state index in [1.165, 1.54) is 39.1 Å². The van der Waals surface area contributed by atoms with Crippen molar-refractivity contribution >= 4 is 81.1 Å². The molecule has 22 heteroatoms. The van der Waals surface area contributed by atoms with Crippen molar-refractivity contribution < 1.29 is 51.5 Å². The van der Waals surface area contributed by atoms with Crippen molar-refractivity contribution in [3.8, 4) is 44.6 Å². The van der Waals surface area contributed by atoms with Crippen LogP contribution in [0.15, 0.2) is 256 Å². The van der Waals surface area contributed by atoms with Crippen molar-refractivity contribution in [1.29, 1.82) is 0 Å². The summed E-state index contributed by atoms with van der Waals surface area (Å²) in [5.41, 5.74) is 12.7. The largest absolute Gasteiger partial charge is 0.314 e. The normalized spacial score (nSPS) is 10.5. The molecule has 12 rings (SSSR count). The Morgan fingerprint density at radius 3 is 0.955 bits per heavy atom. The molecule has 0 aliphatic rings. The van der Waals surface area contributed by atoms with Crippen molar-refractivity contribution in [1.82, 2.24) is 29.9 Å². The van der Waals surface area contributed by atoms with Gasteiger partial charge in [-0.15, -0.1) is 0 Å². The maximum absolute atomic E-state index is 14.5. The average molecular weight is 1520 g/mol. The van der Waals surface area contributed by atoms with E-state index >= 15 is 0 Å². The number of anilines is 4. The van der Waals surface area contributed by atoms with Crippen LogP contribution in [0.1, 0.15) is 117 Å². The molecule has 0 saturated carbocycles. The lowest BCUT2D eigenvalue weighted by Crippen LogP contribution is -2.25. The second-order valence-corrected chi connectivity index (χ2v) is 26.2. The maximum atomic E-state index is 14.5. The van der Waals surface area contributed by atoms with Gasteiger partial charge in [-0.3, -0.25) is 68.3 Å². The zero-order valence-electron chi connectivity index (χ0n) is 63.2. The van der Waals surface area contributed by atoms with Gasteiger partial charge in [0.25, 0.3) is 0 Å². The van der Waals surface area contributed by atoms with E-state index < -0.39 is 17.5 Å². The van der Waals surface area contributed by atoms with Crippen LogP contribution in [0.25, 0.3) is 44.6 Å². The van der Waals surface area contributed by atoms with Gasteiger partial charge in [0.15, 0.2) is 23.1 Å². The molecule has 568 valence electrons. The van der Waals surface area contributed by atoms with Gasteiger partial charge in [-0.1, -0.05) is 142 Å². The van der Waals surface area contributed by atoms with Gasteiger partial charge >= 0.3 is 0 Å². The molecule has 0 unspecified atom stereocenters. The SMILES string of the molecule is CCC(=O)N(C)c1ccc(-c2ccc(C(=O)Cc3cccnc3)cc2)cc1Cl.CCC(=O)N(C)c1ccc(-c2ccc(C(=O)Cc3cccnc3)cc2)cc1F.CCC(=O)N(C)c1ccc(-c2ccc(C(=O)Cc3cccnc3)cn2)cc1F.CCC(=O)N(C)c1ccc(-c2ccc(C(=O)Cc3cccnc3)nc2)cc1F. The van der Waals surface area contributed by atoms with E-state index in [1.54, 1.807) is 213 Å². The highest BCUT2D eigenvalue weighted by Crippen LogP contribution is 2.33. The quantitative estimate of drug-likeness (QED) is 0.0513. The summed E-state index contributed by atoms with van der Waals surface area (Å²) in [5.74, 6) is -2.04. The molecule has 6 aromatic heterocycles. The molecule has 0 spiro atoms. The average Bonchev–Trinajstić information content (AvgIpc) is 0.830. The summed E-state index contributed by atoms with van der Waals surface area (Å²) in [4.78, 5) is 127. The number of carbonyl (C=O) groups excluding carboxylic acids is 8.